The van der Waals surface area contributed by atoms with Crippen molar-refractivity contribution in [2.24, 2.45) is 7.05 Å². The van der Waals surface area contributed by atoms with Gasteiger partial charge in [-0.15, -0.1) is 0 Å². The van der Waals surface area contributed by atoms with Crippen molar-refractivity contribution >= 4 is 16.6 Å². The molecule has 0 unspecified atom stereocenters. The number of nitrogens with zero attached hydrogens (tertiary/aromatic N) is 2. The molecule has 0 fully saturated rings. The average molecular weight is 191 g/mol. The van der Waals surface area contributed by atoms with Gasteiger partial charge in [0.2, 0.25) is 0 Å². The maximum Gasteiger partial charge on any atom is 0.274 e. The lowest BCUT2D eigenvalue weighted by atomic mass is 10.2. The van der Waals surface area contributed by atoms with E-state index in [1.54, 1.807) is 16.8 Å². The molecule has 0 atom stereocenters. The highest BCUT2D eigenvalue weighted by Gasteiger charge is 2.08. The topological polar surface area (TPSA) is 52.9 Å². The first-order chi connectivity index (χ1) is 6.65. The fourth-order valence-corrected chi connectivity index (χ4v) is 1.76. The molecule has 1 heterocycles. The molecule has 74 valence electrons. The molecule has 1 aromatic heterocycles. The van der Waals surface area contributed by atoms with Crippen molar-refractivity contribution in [2.75, 3.05) is 5.73 Å². The summed E-state index contributed by atoms with van der Waals surface area (Å²) < 4.78 is 3.53. The van der Waals surface area contributed by atoms with Gasteiger partial charge < -0.3 is 5.73 Å². The third-order valence-electron chi connectivity index (χ3n) is 2.50. The number of nitrogen functional groups attached to an aromatic ring is 1. The van der Waals surface area contributed by atoms with Gasteiger partial charge in [-0.1, -0.05) is 0 Å². The third-order valence-corrected chi connectivity index (χ3v) is 2.50. The Morgan fingerprint density at radius 1 is 1.43 bits per heavy atom. The molecule has 0 saturated carbocycles. The summed E-state index contributed by atoms with van der Waals surface area (Å²) in [5.41, 5.74) is 7.28. The predicted molar refractivity (Wildman–Crippen MR) is 57.3 cm³/mol. The van der Waals surface area contributed by atoms with Crippen LogP contribution in [0, 0.1) is 0 Å². The van der Waals surface area contributed by atoms with Gasteiger partial charge >= 0.3 is 0 Å². The van der Waals surface area contributed by atoms with E-state index in [9.17, 15) is 4.79 Å². The largest absolute Gasteiger partial charge is 0.399 e. The van der Waals surface area contributed by atoms with Crippen molar-refractivity contribution in [3.05, 3.63) is 28.6 Å². The predicted octanol–water partition coefficient (Wildman–Crippen LogP) is 0.942. The van der Waals surface area contributed by atoms with Gasteiger partial charge in [0.15, 0.2) is 0 Å². The summed E-state index contributed by atoms with van der Waals surface area (Å²) in [6.07, 6.45) is 0. The SMILES string of the molecule is CCn1c(=O)c2ccc(N)cc2n1C. The molecule has 0 aliphatic rings. The van der Waals surface area contributed by atoms with E-state index in [0.29, 0.717) is 12.2 Å². The van der Waals surface area contributed by atoms with E-state index in [-0.39, 0.29) is 5.56 Å². The van der Waals surface area contributed by atoms with E-state index < -0.39 is 0 Å². The minimum Gasteiger partial charge on any atom is -0.399 e. The average Bonchev–Trinajstić information content (AvgIpc) is 2.39. The fourth-order valence-electron chi connectivity index (χ4n) is 1.76. The maximum atomic E-state index is 11.8. The molecule has 0 bridgehead atoms. The van der Waals surface area contributed by atoms with Crippen molar-refractivity contribution < 1.29 is 0 Å². The Bertz CT molecular complexity index is 536. The summed E-state index contributed by atoms with van der Waals surface area (Å²) in [6.45, 7) is 2.62. The van der Waals surface area contributed by atoms with E-state index in [4.69, 9.17) is 5.73 Å². The lowest BCUT2D eigenvalue weighted by Gasteiger charge is -2.03. The van der Waals surface area contributed by atoms with Crippen molar-refractivity contribution in [1.29, 1.82) is 0 Å². The maximum absolute atomic E-state index is 11.8. The summed E-state index contributed by atoms with van der Waals surface area (Å²) in [6, 6.07) is 5.35. The molecule has 4 heteroatoms. The van der Waals surface area contributed by atoms with Crippen molar-refractivity contribution in [3.63, 3.8) is 0 Å². The van der Waals surface area contributed by atoms with Gasteiger partial charge in [0.1, 0.15) is 0 Å². The van der Waals surface area contributed by atoms with Crippen molar-refractivity contribution in [3.8, 4) is 0 Å². The monoisotopic (exact) mass is 191 g/mol. The fraction of sp³-hybridized carbons (Fsp3) is 0.300. The minimum absolute atomic E-state index is 0.0463. The molecule has 0 amide bonds. The van der Waals surface area contributed by atoms with Crippen LogP contribution in [0.25, 0.3) is 10.9 Å². The summed E-state index contributed by atoms with van der Waals surface area (Å²) in [5, 5.41) is 0.726. The lowest BCUT2D eigenvalue weighted by Crippen LogP contribution is -2.19. The van der Waals surface area contributed by atoms with Gasteiger partial charge in [-0.2, -0.15) is 0 Å². The highest BCUT2D eigenvalue weighted by molar-refractivity contribution is 5.81. The van der Waals surface area contributed by atoms with Crippen LogP contribution in [0.4, 0.5) is 5.69 Å². The molecule has 0 saturated heterocycles. The number of aryl methyl sites for hydroxylation is 1. The smallest absolute Gasteiger partial charge is 0.274 e. The van der Waals surface area contributed by atoms with E-state index in [2.05, 4.69) is 0 Å². The van der Waals surface area contributed by atoms with E-state index >= 15 is 0 Å². The molecule has 0 radical (unpaired) electrons. The number of benzene rings is 1. The number of nitrogens with two attached hydrogens (primary N) is 1. The second kappa shape index (κ2) is 2.90. The Hall–Kier alpha value is -1.71. The number of fused-ring (bicyclic) bond motifs is 1. The second-order valence-electron chi connectivity index (χ2n) is 3.32. The van der Waals surface area contributed by atoms with Gasteiger partial charge in [-0.25, -0.2) is 0 Å². The number of rotatable bonds is 1. The molecule has 2 rings (SSSR count). The second-order valence-corrected chi connectivity index (χ2v) is 3.32. The zero-order chi connectivity index (χ0) is 10.3. The molecule has 0 spiro atoms. The highest BCUT2D eigenvalue weighted by Crippen LogP contribution is 2.13. The van der Waals surface area contributed by atoms with Crippen LogP contribution in [0.15, 0.2) is 23.0 Å². The van der Waals surface area contributed by atoms with Crippen molar-refractivity contribution in [1.82, 2.24) is 9.36 Å². The van der Waals surface area contributed by atoms with Gasteiger partial charge in [-0.3, -0.25) is 14.2 Å². The zero-order valence-electron chi connectivity index (χ0n) is 8.32. The first kappa shape index (κ1) is 8.87. The van der Waals surface area contributed by atoms with Gasteiger partial charge in [0.05, 0.1) is 10.9 Å². The van der Waals surface area contributed by atoms with Crippen LogP contribution in [0.2, 0.25) is 0 Å². The molecule has 0 aliphatic carbocycles. The van der Waals surface area contributed by atoms with Crippen LogP contribution in [-0.2, 0) is 13.6 Å². The molecule has 14 heavy (non-hydrogen) atoms. The van der Waals surface area contributed by atoms with Gasteiger partial charge in [0.25, 0.3) is 5.56 Å². The molecule has 0 aliphatic heterocycles. The van der Waals surface area contributed by atoms with Crippen LogP contribution < -0.4 is 11.3 Å². The van der Waals surface area contributed by atoms with Crippen LogP contribution >= 0.6 is 0 Å². The molecule has 2 aromatic rings. The Balaban J connectivity index is 2.94. The van der Waals surface area contributed by atoms with Crippen molar-refractivity contribution in [2.45, 2.75) is 13.5 Å². The summed E-state index contributed by atoms with van der Waals surface area (Å²) >= 11 is 0. The van der Waals surface area contributed by atoms with E-state index in [1.165, 1.54) is 0 Å². The Kier molecular flexibility index (Phi) is 1.84. The number of aromatic nitrogens is 2. The Morgan fingerprint density at radius 3 is 2.79 bits per heavy atom. The van der Waals surface area contributed by atoms with E-state index in [1.807, 2.05) is 24.7 Å². The standard InChI is InChI=1S/C10H13N3O/c1-3-13-10(14)8-5-4-7(11)6-9(8)12(13)2/h4-6H,3,11H2,1-2H3. The number of anilines is 1. The summed E-state index contributed by atoms with van der Waals surface area (Å²) in [4.78, 5) is 11.8. The first-order valence-corrected chi connectivity index (χ1v) is 4.60. The molecule has 4 nitrogen and oxygen atoms in total. The van der Waals surface area contributed by atoms with Crippen LogP contribution in [0.5, 0.6) is 0 Å². The Labute approximate surface area is 81.5 Å². The lowest BCUT2D eigenvalue weighted by molar-refractivity contribution is 0.532. The molecule has 1 aromatic carbocycles. The zero-order valence-corrected chi connectivity index (χ0v) is 8.32. The molecule has 2 N–H and O–H groups in total. The number of hydrogen-bond donors (Lipinski definition) is 1. The highest BCUT2D eigenvalue weighted by atomic mass is 16.1. The minimum atomic E-state index is 0.0463. The Morgan fingerprint density at radius 2 is 2.14 bits per heavy atom. The quantitative estimate of drug-likeness (QED) is 0.682. The van der Waals surface area contributed by atoms with Crippen LogP contribution in [0.3, 0.4) is 0 Å². The first-order valence-electron chi connectivity index (χ1n) is 4.60. The third kappa shape index (κ3) is 1.04. The van der Waals surface area contributed by atoms with Gasteiger partial charge in [-0.05, 0) is 25.1 Å². The van der Waals surface area contributed by atoms with Crippen LogP contribution in [-0.4, -0.2) is 9.36 Å². The normalized spacial score (nSPS) is 11.0. The van der Waals surface area contributed by atoms with Crippen LogP contribution in [0.1, 0.15) is 6.92 Å². The van der Waals surface area contributed by atoms with Gasteiger partial charge in [0, 0.05) is 19.3 Å². The number of hydrogen-bond acceptors (Lipinski definition) is 2. The molecular weight excluding hydrogens is 178 g/mol. The summed E-state index contributed by atoms with van der Waals surface area (Å²) in [5.74, 6) is 0. The summed E-state index contributed by atoms with van der Waals surface area (Å²) in [7, 11) is 1.87. The molecular formula is C10H13N3O. The van der Waals surface area contributed by atoms with E-state index in [0.717, 1.165) is 10.9 Å².